The number of nitrogens with two attached hydrogens (primary N) is 1. The Kier molecular flexibility index (Phi) is 75.2. The summed E-state index contributed by atoms with van der Waals surface area (Å²) < 4.78 is 59.5. The Balaban J connectivity index is 7.27. The highest BCUT2D eigenvalue weighted by atomic mass is 31.2. The minimum Gasteiger partial charge on any atom is -0.453 e. The van der Waals surface area contributed by atoms with Crippen LogP contribution >= 0.6 is 15.4 Å². The van der Waals surface area contributed by atoms with E-state index in [-0.39, 0.29) is 19.3 Å². The van der Waals surface area contributed by atoms with E-state index < -0.39 is 114 Å². The van der Waals surface area contributed by atoms with E-state index in [0.717, 1.165) is 95.6 Å². The largest absolute Gasteiger partial charge is 0.473 e. The van der Waals surface area contributed by atoms with Crippen LogP contribution in [0.4, 0.5) is 0 Å². The van der Waals surface area contributed by atoms with Gasteiger partial charge in [0.1, 0.15) is 12.1 Å². The number of unbranched alkanes of at least 4 members (excludes halogenated alkanes) is 42. The number of Topliss-reactive ketones (excluding diaryl/α,β-unsaturated/α-hetero) is 2. The summed E-state index contributed by atoms with van der Waals surface area (Å²) in [6.07, 6.45) is 83.1. The molecular weight excluding hydrogens is 1480 g/mol. The fourth-order valence-electron chi connectivity index (χ4n) is 12.5. The number of carbonyl (C=O) groups excluding carboxylic acids is 5. The van der Waals surface area contributed by atoms with Crippen molar-refractivity contribution in [2.45, 2.75) is 378 Å². The monoisotopic (exact) mass is 1640 g/mol. The fourth-order valence-corrected chi connectivity index (χ4v) is 14.2. The smallest absolute Gasteiger partial charge is 0.453 e. The third-order valence-electron chi connectivity index (χ3n) is 19.3. The topological polar surface area (TPSA) is 322 Å². The van der Waals surface area contributed by atoms with Crippen LogP contribution in [0.1, 0.15) is 336 Å². The number of allylic oxidation sites excluding steroid dienone is 22. The quantitative estimate of drug-likeness (QED) is 0.00743. The lowest BCUT2D eigenvalue weighted by atomic mass is 10.0. The number of phosphoric acid groups is 1. The highest BCUT2D eigenvalue weighted by Crippen LogP contribution is 2.47. The van der Waals surface area contributed by atoms with Gasteiger partial charge in [-0.3, -0.25) is 28.0 Å². The number of esters is 3. The first-order chi connectivity index (χ1) is 55.3. The molecular formula is C92H155NO19P2. The summed E-state index contributed by atoms with van der Waals surface area (Å²) in [5, 5.41) is 30.4. The average molecular weight is 1640 g/mol. The van der Waals surface area contributed by atoms with Crippen molar-refractivity contribution in [3.05, 3.63) is 146 Å². The third kappa shape index (κ3) is 67.7. The minimum atomic E-state index is -5.65. The molecule has 0 rings (SSSR count). The predicted molar refractivity (Wildman–Crippen MR) is 464 cm³/mol. The molecule has 0 radical (unpaired) electrons. The summed E-state index contributed by atoms with van der Waals surface area (Å²) in [7, 11) is -11.1. The van der Waals surface area contributed by atoms with Crippen molar-refractivity contribution in [1.29, 1.82) is 0 Å². The lowest BCUT2D eigenvalue weighted by Gasteiger charge is -2.30. The van der Waals surface area contributed by atoms with Crippen LogP contribution in [0, 0.1) is 0 Å². The van der Waals surface area contributed by atoms with Crippen molar-refractivity contribution in [1.82, 2.24) is 0 Å². The van der Waals surface area contributed by atoms with Gasteiger partial charge in [-0.1, -0.05) is 418 Å². The molecule has 0 aliphatic carbocycles. The molecule has 22 heteroatoms. The van der Waals surface area contributed by atoms with E-state index in [1.54, 1.807) is 36.5 Å². The molecule has 0 spiro atoms. The summed E-state index contributed by atoms with van der Waals surface area (Å²) in [5.41, 5.74) is 5.90. The van der Waals surface area contributed by atoms with Crippen LogP contribution in [0.25, 0.3) is 0 Å². The Morgan fingerprint density at radius 2 is 0.640 bits per heavy atom. The maximum absolute atomic E-state index is 14.7. The van der Waals surface area contributed by atoms with Gasteiger partial charge in [0.15, 0.2) is 36.0 Å². The zero-order chi connectivity index (χ0) is 83.9. The van der Waals surface area contributed by atoms with Crippen molar-refractivity contribution in [2.75, 3.05) is 26.4 Å². The van der Waals surface area contributed by atoms with E-state index in [2.05, 4.69) is 39.8 Å². The fraction of sp³-hybridized carbons (Fsp3) is 0.685. The Bertz CT molecular complexity index is 2870. The zero-order valence-corrected chi connectivity index (χ0v) is 72.4. The van der Waals surface area contributed by atoms with E-state index in [1.807, 2.05) is 66.8 Å². The number of carbonyl (C=O) groups is 5. The van der Waals surface area contributed by atoms with E-state index in [4.69, 9.17) is 33.7 Å². The number of aliphatic hydroxyl groups is 3. The van der Waals surface area contributed by atoms with E-state index in [1.165, 1.54) is 204 Å². The highest BCUT2D eigenvalue weighted by Gasteiger charge is 2.43. The molecule has 0 aromatic carbocycles. The summed E-state index contributed by atoms with van der Waals surface area (Å²) in [5.74, 6) is -7.78. The van der Waals surface area contributed by atoms with Crippen LogP contribution in [0.2, 0.25) is 0 Å². The Morgan fingerprint density at radius 1 is 0.351 bits per heavy atom. The van der Waals surface area contributed by atoms with Gasteiger partial charge in [0, 0.05) is 25.0 Å². The molecule has 0 fully saturated rings. The predicted octanol–water partition coefficient (Wildman–Crippen LogP) is 22.0. The molecule has 0 saturated carbocycles. The molecule has 8 N–H and O–H groups in total. The Morgan fingerprint density at radius 3 is 0.956 bits per heavy atom. The lowest BCUT2D eigenvalue weighted by molar-refractivity contribution is -0.172. The van der Waals surface area contributed by atoms with Crippen LogP contribution in [-0.2, 0) is 61.1 Å². The normalized spacial score (nSPS) is 15.1. The third-order valence-corrected chi connectivity index (χ3v) is 21.3. The summed E-state index contributed by atoms with van der Waals surface area (Å²) in [6.45, 7) is 4.51. The summed E-state index contributed by atoms with van der Waals surface area (Å²) in [6, 6.07) is -2.09. The van der Waals surface area contributed by atoms with Crippen molar-refractivity contribution in [3.8, 4) is 0 Å². The van der Waals surface area contributed by atoms with Crippen LogP contribution in [0.3, 0.4) is 0 Å². The molecule has 114 heavy (non-hydrogen) atoms. The maximum atomic E-state index is 14.7. The van der Waals surface area contributed by atoms with Crippen molar-refractivity contribution in [3.63, 3.8) is 0 Å². The van der Waals surface area contributed by atoms with E-state index in [0.29, 0.717) is 19.3 Å². The van der Waals surface area contributed by atoms with E-state index in [9.17, 15) is 63.1 Å². The van der Waals surface area contributed by atoms with Crippen molar-refractivity contribution in [2.24, 2.45) is 5.73 Å². The number of rotatable bonds is 80. The van der Waals surface area contributed by atoms with Gasteiger partial charge in [0.05, 0.1) is 26.4 Å². The number of phosphoric ester groups is 1. The van der Waals surface area contributed by atoms with Crippen LogP contribution in [0.5, 0.6) is 0 Å². The van der Waals surface area contributed by atoms with Gasteiger partial charge >= 0.3 is 33.3 Å². The molecule has 20 nitrogen and oxygen atoms in total. The van der Waals surface area contributed by atoms with Crippen molar-refractivity contribution >= 4 is 44.9 Å². The molecule has 0 heterocycles. The number of aliphatic hydroxyl groups excluding tert-OH is 3. The lowest BCUT2D eigenvalue weighted by Crippen LogP contribution is -2.47. The second kappa shape index (κ2) is 78.8. The summed E-state index contributed by atoms with van der Waals surface area (Å²) in [4.78, 5) is 101. The standard InChI is InChI=1S/C92H155NO19P2/c1-5-9-13-17-21-25-29-33-37-39-41-43-47-51-55-59-63-67-71-75-87(99)109-85(78-95)89(82(96)73-69-65-61-57-53-49-45-35-31-27-23-19-15-11-7-3)107-80-86(110-88(100)76-72-68-64-60-56-52-48-44-42-40-38-34-30-26-22-18-14-10-6-2)90(83(97)74-70-66-62-58-54-50-46-36-32-28-24-20-16-12-8-4)112-114(105,106)108-79-81(93)91(101)111-92(84(98)77-94)113(102,103)104/h37-44,47-48,51-52,55-56,59-60,63-64,67-68,71-72,75-76,81,84-86,89-90,92,94-95,98H,5-36,45-46,49-50,53-54,57-58,61-62,65-66,69-70,73-74,77-80,93H2,1-4H3,(H,105,106)(H2,102,103,104)/t81-,84?,85-,86-,89?,90?,92?/m0/s1. The highest BCUT2D eigenvalue weighted by molar-refractivity contribution is 7.52. The first kappa shape index (κ1) is 109. The summed E-state index contributed by atoms with van der Waals surface area (Å²) >= 11 is 0. The zero-order valence-electron chi connectivity index (χ0n) is 70.6. The van der Waals surface area contributed by atoms with Gasteiger partial charge in [0.25, 0.3) is 0 Å². The van der Waals surface area contributed by atoms with E-state index >= 15 is 0 Å². The number of ketones is 2. The minimum absolute atomic E-state index is 0.104. The van der Waals surface area contributed by atoms with Crippen LogP contribution in [0.15, 0.2) is 146 Å². The Labute approximate surface area is 688 Å². The maximum Gasteiger partial charge on any atom is 0.473 e. The van der Waals surface area contributed by atoms with Gasteiger partial charge < -0.3 is 54.7 Å². The van der Waals surface area contributed by atoms with Gasteiger partial charge in [0.2, 0.25) is 5.85 Å². The van der Waals surface area contributed by atoms with Crippen molar-refractivity contribution < 1.29 is 91.1 Å². The molecule has 0 amide bonds. The average Bonchev–Trinajstić information content (AvgIpc) is 0.746. The number of hydrogen-bond acceptors (Lipinski definition) is 17. The van der Waals surface area contributed by atoms with Gasteiger partial charge in [-0.05, 0) is 38.5 Å². The van der Waals surface area contributed by atoms with Crippen LogP contribution in [-0.4, -0.2) is 128 Å². The molecule has 0 bridgehead atoms. The van der Waals surface area contributed by atoms with Gasteiger partial charge in [-0.25, -0.2) is 14.2 Å². The molecule has 0 aliphatic heterocycles. The molecule has 0 saturated heterocycles. The molecule has 652 valence electrons. The van der Waals surface area contributed by atoms with Gasteiger partial charge in [-0.15, -0.1) is 0 Å². The second-order valence-electron chi connectivity index (χ2n) is 29.8. The molecule has 8 atom stereocenters. The molecule has 0 aliphatic rings. The SMILES string of the molecule is CCCCCCCCCC=CC=CC=CC=CC=CC=CC(=O)O[C@@H](CO)C(OC[C@H](OC(=O)C=CC=CC=CC=CC=CC=CCCCCCCCCC)C(OP(=O)(O)OC[C@H](N)C(=O)OC(C(O)CO)P(=O)(O)O)C(=O)CCCCCCCCCCCCCCCCC)C(=O)CCCCCCCCCCCCCCCCC. The molecule has 0 aromatic heterocycles. The first-order valence-corrected chi connectivity index (χ1v) is 47.1. The molecule has 0 aromatic rings. The molecule has 5 unspecified atom stereocenters. The second-order valence-corrected chi connectivity index (χ2v) is 32.8. The number of ether oxygens (including phenoxy) is 4. The van der Waals surface area contributed by atoms with Crippen LogP contribution < -0.4 is 5.73 Å². The van der Waals surface area contributed by atoms with Gasteiger partial charge in [-0.2, -0.15) is 0 Å². The number of hydrogen-bond donors (Lipinski definition) is 7. The Hall–Kier alpha value is -5.31. The first-order valence-electron chi connectivity index (χ1n) is 44.0.